The molecule has 26 heavy (non-hydrogen) atoms. The molecule has 0 aliphatic heterocycles. The predicted molar refractivity (Wildman–Crippen MR) is 106 cm³/mol. The van der Waals surface area contributed by atoms with Gasteiger partial charge in [-0.15, -0.1) is 0 Å². The average Bonchev–Trinajstić information content (AvgIpc) is 3.06. The molecule has 8 heteroatoms. The molecule has 0 amide bonds. The zero-order valence-corrected chi connectivity index (χ0v) is 15.6. The number of benzene rings is 2. The van der Waals surface area contributed by atoms with Crippen LogP contribution in [-0.4, -0.2) is 19.7 Å². The van der Waals surface area contributed by atoms with Gasteiger partial charge < -0.3 is 4.98 Å². The van der Waals surface area contributed by atoms with Gasteiger partial charge in [-0.05, 0) is 35.9 Å². The summed E-state index contributed by atoms with van der Waals surface area (Å²) in [4.78, 5) is 19.7. The number of aromatic amines is 1. The van der Waals surface area contributed by atoms with Gasteiger partial charge in [0.2, 0.25) is 0 Å². The Balaban J connectivity index is 1.71. The molecule has 5 nitrogen and oxygen atoms in total. The van der Waals surface area contributed by atoms with Crippen LogP contribution in [0.5, 0.6) is 0 Å². The van der Waals surface area contributed by atoms with Crippen molar-refractivity contribution in [3.8, 4) is 5.69 Å². The zero-order valence-electron chi connectivity index (χ0n) is 13.3. The van der Waals surface area contributed by atoms with Crippen LogP contribution in [-0.2, 0) is 5.75 Å². The summed E-state index contributed by atoms with van der Waals surface area (Å²) in [6.07, 6.45) is 1.51. The largest absolute Gasteiger partial charge is 0.301 e. The van der Waals surface area contributed by atoms with Gasteiger partial charge in [0, 0.05) is 15.8 Å². The lowest BCUT2D eigenvalue weighted by molar-refractivity contribution is 0.873. The molecule has 0 aliphatic rings. The highest BCUT2D eigenvalue weighted by molar-refractivity contribution is 7.98. The Hall–Kier alpha value is -2.28. The Morgan fingerprint density at radius 1 is 1.08 bits per heavy atom. The standard InChI is InChI=1S/C18H12Cl2N4OS/c19-12-5-7-13(8-6-12)24-16-14(9-21-24)17(25)23-18(22-16)26-10-11-3-1-2-4-15(11)20/h1-9H,10H2,(H,22,23,25). The Kier molecular flexibility index (Phi) is 4.72. The first-order valence-corrected chi connectivity index (χ1v) is 9.46. The van der Waals surface area contributed by atoms with Gasteiger partial charge in [0.05, 0.1) is 11.9 Å². The van der Waals surface area contributed by atoms with Gasteiger partial charge in [0.25, 0.3) is 5.56 Å². The minimum atomic E-state index is -0.225. The number of aromatic nitrogens is 4. The summed E-state index contributed by atoms with van der Waals surface area (Å²) >= 11 is 13.5. The molecular formula is C18H12Cl2N4OS. The average molecular weight is 403 g/mol. The molecule has 2 aromatic heterocycles. The van der Waals surface area contributed by atoms with Gasteiger partial charge in [0.15, 0.2) is 10.8 Å². The molecular weight excluding hydrogens is 391 g/mol. The predicted octanol–water partition coefficient (Wildman–Crippen LogP) is 4.71. The third-order valence-corrected chi connectivity index (χ3v) is 5.35. The number of hydrogen-bond acceptors (Lipinski definition) is 4. The van der Waals surface area contributed by atoms with Crippen molar-refractivity contribution < 1.29 is 0 Å². The maximum atomic E-state index is 12.4. The van der Waals surface area contributed by atoms with E-state index in [4.69, 9.17) is 23.2 Å². The second-order valence-electron chi connectivity index (χ2n) is 5.52. The summed E-state index contributed by atoms with van der Waals surface area (Å²) in [5, 5.41) is 6.56. The van der Waals surface area contributed by atoms with E-state index in [1.165, 1.54) is 18.0 Å². The van der Waals surface area contributed by atoms with Crippen LogP contribution in [0.15, 0.2) is 64.7 Å². The SMILES string of the molecule is O=c1[nH]c(SCc2ccccc2Cl)nc2c1cnn2-c1ccc(Cl)cc1. The Morgan fingerprint density at radius 3 is 2.62 bits per heavy atom. The third kappa shape index (κ3) is 3.35. The Morgan fingerprint density at radius 2 is 1.85 bits per heavy atom. The van der Waals surface area contributed by atoms with Gasteiger partial charge in [-0.3, -0.25) is 4.79 Å². The van der Waals surface area contributed by atoms with Crippen LogP contribution in [0.1, 0.15) is 5.56 Å². The molecule has 4 rings (SSSR count). The van der Waals surface area contributed by atoms with E-state index < -0.39 is 0 Å². The molecule has 0 fully saturated rings. The number of halogens is 2. The quantitative estimate of drug-likeness (QED) is 0.396. The number of thioether (sulfide) groups is 1. The minimum Gasteiger partial charge on any atom is -0.301 e. The summed E-state index contributed by atoms with van der Waals surface area (Å²) in [6.45, 7) is 0. The van der Waals surface area contributed by atoms with Crippen molar-refractivity contribution in [3.05, 3.63) is 80.7 Å². The Labute approximate surface area is 163 Å². The van der Waals surface area contributed by atoms with Crippen LogP contribution in [0.4, 0.5) is 0 Å². The van der Waals surface area contributed by atoms with Crippen molar-refractivity contribution in [2.75, 3.05) is 0 Å². The van der Waals surface area contributed by atoms with Gasteiger partial charge in [-0.1, -0.05) is 53.2 Å². The van der Waals surface area contributed by atoms with E-state index >= 15 is 0 Å². The van der Waals surface area contributed by atoms with Crippen molar-refractivity contribution in [1.82, 2.24) is 19.7 Å². The molecule has 1 N–H and O–H groups in total. The lowest BCUT2D eigenvalue weighted by Crippen LogP contribution is -2.09. The highest BCUT2D eigenvalue weighted by Crippen LogP contribution is 2.25. The maximum absolute atomic E-state index is 12.4. The van der Waals surface area contributed by atoms with E-state index in [1.54, 1.807) is 16.8 Å². The molecule has 0 spiro atoms. The van der Waals surface area contributed by atoms with E-state index in [-0.39, 0.29) is 5.56 Å². The number of H-pyrrole nitrogens is 1. The molecule has 2 aromatic carbocycles. The third-order valence-electron chi connectivity index (χ3n) is 3.81. The van der Waals surface area contributed by atoms with Crippen LogP contribution in [0, 0.1) is 0 Å². The molecule has 0 aliphatic carbocycles. The molecule has 0 radical (unpaired) electrons. The van der Waals surface area contributed by atoms with Gasteiger partial charge in [-0.2, -0.15) is 5.10 Å². The van der Waals surface area contributed by atoms with Crippen molar-refractivity contribution in [1.29, 1.82) is 0 Å². The van der Waals surface area contributed by atoms with E-state index in [9.17, 15) is 4.79 Å². The number of fused-ring (bicyclic) bond motifs is 1. The molecule has 2 heterocycles. The van der Waals surface area contributed by atoms with Gasteiger partial charge in [0.1, 0.15) is 5.39 Å². The van der Waals surface area contributed by atoms with Crippen molar-refractivity contribution in [2.45, 2.75) is 10.9 Å². The first kappa shape index (κ1) is 17.1. The van der Waals surface area contributed by atoms with E-state index in [1.807, 2.05) is 36.4 Å². The molecule has 0 saturated carbocycles. The minimum absolute atomic E-state index is 0.225. The van der Waals surface area contributed by atoms with Crippen LogP contribution in [0.2, 0.25) is 10.0 Å². The smallest absolute Gasteiger partial charge is 0.262 e. The first-order valence-electron chi connectivity index (χ1n) is 7.72. The van der Waals surface area contributed by atoms with Gasteiger partial charge >= 0.3 is 0 Å². The molecule has 0 bridgehead atoms. The van der Waals surface area contributed by atoms with Crippen LogP contribution in [0.25, 0.3) is 16.7 Å². The number of hydrogen-bond donors (Lipinski definition) is 1. The molecule has 4 aromatic rings. The lowest BCUT2D eigenvalue weighted by Gasteiger charge is -2.06. The zero-order chi connectivity index (χ0) is 18.1. The molecule has 0 atom stereocenters. The number of rotatable bonds is 4. The summed E-state index contributed by atoms with van der Waals surface area (Å²) in [7, 11) is 0. The highest BCUT2D eigenvalue weighted by Gasteiger charge is 2.12. The van der Waals surface area contributed by atoms with Crippen LogP contribution >= 0.6 is 35.0 Å². The van der Waals surface area contributed by atoms with Crippen molar-refractivity contribution >= 4 is 46.0 Å². The van der Waals surface area contributed by atoms with Crippen LogP contribution < -0.4 is 5.56 Å². The molecule has 130 valence electrons. The summed E-state index contributed by atoms with van der Waals surface area (Å²) in [5.74, 6) is 0.600. The second kappa shape index (κ2) is 7.15. The normalized spacial score (nSPS) is 11.2. The first-order chi connectivity index (χ1) is 12.6. The maximum Gasteiger partial charge on any atom is 0.262 e. The van der Waals surface area contributed by atoms with E-state index in [0.717, 1.165) is 11.3 Å². The summed E-state index contributed by atoms with van der Waals surface area (Å²) < 4.78 is 1.63. The molecule has 0 unspecified atom stereocenters. The topological polar surface area (TPSA) is 63.6 Å². The van der Waals surface area contributed by atoms with Crippen molar-refractivity contribution in [2.24, 2.45) is 0 Å². The van der Waals surface area contributed by atoms with Crippen LogP contribution in [0.3, 0.4) is 0 Å². The fourth-order valence-electron chi connectivity index (χ4n) is 2.50. The fraction of sp³-hybridized carbons (Fsp3) is 0.0556. The summed E-state index contributed by atoms with van der Waals surface area (Å²) in [5.41, 5.74) is 2.03. The Bertz CT molecular complexity index is 1140. The lowest BCUT2D eigenvalue weighted by atomic mass is 10.2. The number of nitrogens with one attached hydrogen (secondary N) is 1. The summed E-state index contributed by atoms with van der Waals surface area (Å²) in [6, 6.07) is 14.8. The fourth-order valence-corrected chi connectivity index (χ4v) is 3.77. The second-order valence-corrected chi connectivity index (χ2v) is 7.33. The van der Waals surface area contributed by atoms with E-state index in [2.05, 4.69) is 15.1 Å². The van der Waals surface area contributed by atoms with Gasteiger partial charge in [-0.25, -0.2) is 9.67 Å². The van der Waals surface area contributed by atoms with Crippen molar-refractivity contribution in [3.63, 3.8) is 0 Å². The molecule has 0 saturated heterocycles. The number of nitrogens with zero attached hydrogens (tertiary/aromatic N) is 3. The highest BCUT2D eigenvalue weighted by atomic mass is 35.5. The monoisotopic (exact) mass is 402 g/mol. The van der Waals surface area contributed by atoms with E-state index in [0.29, 0.717) is 32.0 Å².